The van der Waals surface area contributed by atoms with E-state index in [4.69, 9.17) is 8.83 Å². The van der Waals surface area contributed by atoms with Gasteiger partial charge in [-0.1, -0.05) is 97.1 Å². The second-order valence-electron chi connectivity index (χ2n) is 14.6. The van der Waals surface area contributed by atoms with Gasteiger partial charge in [0.25, 0.3) is 0 Å². The van der Waals surface area contributed by atoms with Crippen LogP contribution >= 0.6 is 0 Å². The first-order valence-electron chi connectivity index (χ1n) is 18.7. The van der Waals surface area contributed by atoms with Crippen LogP contribution in [0.2, 0.25) is 0 Å². The summed E-state index contributed by atoms with van der Waals surface area (Å²) in [7, 11) is 0. The van der Waals surface area contributed by atoms with Gasteiger partial charge in [-0.2, -0.15) is 10.5 Å². The Bertz CT molecular complexity index is 3550. The normalized spacial score (nSPS) is 15.7. The molecule has 260 valence electrons. The lowest BCUT2D eigenvalue weighted by Gasteiger charge is -2.31. The predicted molar refractivity (Wildman–Crippen MR) is 222 cm³/mol. The zero-order valence-electron chi connectivity index (χ0n) is 29.8. The molecule has 56 heavy (non-hydrogen) atoms. The Labute approximate surface area is 319 Å². The van der Waals surface area contributed by atoms with E-state index in [1.165, 1.54) is 5.56 Å². The number of para-hydroxylation sites is 5. The number of rotatable bonds is 3. The molecule has 4 heterocycles. The van der Waals surface area contributed by atoms with E-state index in [1.807, 2.05) is 66.7 Å². The van der Waals surface area contributed by atoms with E-state index in [-0.39, 0.29) is 12.0 Å². The molecular formula is C50H28N4O2. The van der Waals surface area contributed by atoms with E-state index in [9.17, 15) is 10.5 Å². The van der Waals surface area contributed by atoms with E-state index in [0.29, 0.717) is 11.1 Å². The number of benzene rings is 7. The van der Waals surface area contributed by atoms with Crippen LogP contribution in [0.5, 0.6) is 0 Å². The third kappa shape index (κ3) is 4.13. The number of nitriles is 2. The molecular weight excluding hydrogens is 689 g/mol. The van der Waals surface area contributed by atoms with Gasteiger partial charge in [0.2, 0.25) is 0 Å². The summed E-state index contributed by atoms with van der Waals surface area (Å²) in [5, 5.41) is 28.0. The SMILES string of the molecule is N#Cc1cc(-c2cccc(C#N)c2N2c3ccccc3C3C=c4c(oc5ccccc45)=CC32)ccc1-n1c2ccccc2c2cc3c(cc21)oc1ccccc13. The van der Waals surface area contributed by atoms with Gasteiger partial charge in [0.05, 0.1) is 39.6 Å². The summed E-state index contributed by atoms with van der Waals surface area (Å²) in [6.45, 7) is 0. The molecule has 2 aliphatic rings. The highest BCUT2D eigenvalue weighted by molar-refractivity contribution is 6.17. The van der Waals surface area contributed by atoms with E-state index in [0.717, 1.165) is 93.5 Å². The number of hydrogen-bond acceptors (Lipinski definition) is 5. The maximum absolute atomic E-state index is 10.9. The summed E-state index contributed by atoms with van der Waals surface area (Å²) in [4.78, 5) is 2.30. The maximum Gasteiger partial charge on any atom is 0.137 e. The summed E-state index contributed by atoms with van der Waals surface area (Å²) >= 11 is 0. The first-order chi connectivity index (χ1) is 27.7. The molecule has 2 unspecified atom stereocenters. The van der Waals surface area contributed by atoms with Crippen molar-refractivity contribution in [2.45, 2.75) is 12.0 Å². The second-order valence-corrected chi connectivity index (χ2v) is 14.6. The number of anilines is 2. The fourth-order valence-electron chi connectivity index (χ4n) is 9.41. The summed E-state index contributed by atoms with van der Waals surface area (Å²) in [6, 6.07) is 54.2. The van der Waals surface area contributed by atoms with Gasteiger partial charge in [-0.3, -0.25) is 0 Å². The van der Waals surface area contributed by atoms with E-state index < -0.39 is 0 Å². The van der Waals surface area contributed by atoms with Crippen LogP contribution in [0.1, 0.15) is 22.6 Å². The Kier molecular flexibility index (Phi) is 6.21. The van der Waals surface area contributed by atoms with E-state index in [2.05, 4.69) is 113 Å². The Morgan fingerprint density at radius 2 is 1.27 bits per heavy atom. The lowest BCUT2D eigenvalue weighted by Crippen LogP contribution is -2.37. The number of nitrogens with zero attached hydrogens (tertiary/aromatic N) is 4. The van der Waals surface area contributed by atoms with Gasteiger partial charge in [-0.05, 0) is 65.7 Å². The molecule has 6 nitrogen and oxygen atoms in total. The zero-order valence-corrected chi connectivity index (χ0v) is 29.8. The molecule has 0 N–H and O–H groups in total. The van der Waals surface area contributed by atoms with Crippen molar-refractivity contribution in [1.82, 2.24) is 4.57 Å². The number of hydrogen-bond donors (Lipinski definition) is 0. The van der Waals surface area contributed by atoms with Gasteiger partial charge in [0.15, 0.2) is 0 Å². The average molecular weight is 717 g/mol. The van der Waals surface area contributed by atoms with Gasteiger partial charge in [-0.25, -0.2) is 0 Å². The van der Waals surface area contributed by atoms with Crippen LogP contribution in [-0.2, 0) is 0 Å². The van der Waals surface area contributed by atoms with Gasteiger partial charge < -0.3 is 18.3 Å². The van der Waals surface area contributed by atoms with Crippen molar-refractivity contribution in [2.24, 2.45) is 0 Å². The zero-order chi connectivity index (χ0) is 37.1. The minimum atomic E-state index is -0.129. The predicted octanol–water partition coefficient (Wildman–Crippen LogP) is 10.7. The minimum absolute atomic E-state index is 0.0462. The summed E-state index contributed by atoms with van der Waals surface area (Å²) < 4.78 is 14.9. The largest absolute Gasteiger partial charge is 0.456 e. The number of fused-ring (bicyclic) bond motifs is 12. The van der Waals surface area contributed by atoms with Crippen molar-refractivity contribution in [3.63, 3.8) is 0 Å². The molecule has 0 spiro atoms. The van der Waals surface area contributed by atoms with Crippen LogP contribution in [-0.4, -0.2) is 10.6 Å². The molecule has 2 atom stereocenters. The smallest absolute Gasteiger partial charge is 0.137 e. The minimum Gasteiger partial charge on any atom is -0.456 e. The van der Waals surface area contributed by atoms with Crippen molar-refractivity contribution in [2.75, 3.05) is 4.90 Å². The molecule has 0 amide bonds. The van der Waals surface area contributed by atoms with Gasteiger partial charge >= 0.3 is 0 Å². The van der Waals surface area contributed by atoms with Crippen molar-refractivity contribution in [1.29, 1.82) is 10.5 Å². The molecule has 3 aromatic heterocycles. The summed E-state index contributed by atoms with van der Waals surface area (Å²) in [6.07, 6.45) is 4.54. The Balaban J connectivity index is 1.06. The van der Waals surface area contributed by atoms with Crippen LogP contribution in [0.15, 0.2) is 154 Å². The van der Waals surface area contributed by atoms with Crippen molar-refractivity contribution in [3.8, 4) is 29.0 Å². The van der Waals surface area contributed by atoms with Gasteiger partial charge in [-0.15, -0.1) is 0 Å². The molecule has 0 saturated heterocycles. The van der Waals surface area contributed by atoms with Crippen LogP contribution in [0.25, 0.3) is 83.7 Å². The topological polar surface area (TPSA) is 82.0 Å². The van der Waals surface area contributed by atoms with E-state index >= 15 is 0 Å². The molecule has 1 aliphatic heterocycles. The van der Waals surface area contributed by atoms with Crippen molar-refractivity contribution in [3.05, 3.63) is 173 Å². The van der Waals surface area contributed by atoms with Crippen LogP contribution in [0.4, 0.5) is 11.4 Å². The van der Waals surface area contributed by atoms with Crippen molar-refractivity contribution < 1.29 is 8.83 Å². The van der Waals surface area contributed by atoms with Crippen LogP contribution < -0.4 is 15.5 Å². The highest BCUT2D eigenvalue weighted by Crippen LogP contribution is 2.51. The third-order valence-corrected chi connectivity index (χ3v) is 11.8. The first-order valence-corrected chi connectivity index (χ1v) is 18.7. The van der Waals surface area contributed by atoms with Crippen LogP contribution in [0.3, 0.4) is 0 Å². The molecule has 6 heteroatoms. The monoisotopic (exact) mass is 716 g/mol. The molecule has 10 aromatic rings. The van der Waals surface area contributed by atoms with Crippen molar-refractivity contribution >= 4 is 78.2 Å². The molecule has 7 aromatic carbocycles. The average Bonchev–Trinajstić information content (AvgIpc) is 3.98. The lowest BCUT2D eigenvalue weighted by atomic mass is 9.90. The van der Waals surface area contributed by atoms with Crippen LogP contribution in [0, 0.1) is 22.7 Å². The molecule has 0 radical (unpaired) electrons. The fourth-order valence-corrected chi connectivity index (χ4v) is 9.41. The molecule has 0 saturated carbocycles. The third-order valence-electron chi connectivity index (χ3n) is 11.8. The molecule has 1 aliphatic carbocycles. The maximum atomic E-state index is 10.9. The second kappa shape index (κ2) is 11.4. The fraction of sp³-hybridized carbons (Fsp3) is 0.0400. The molecule has 0 fully saturated rings. The van der Waals surface area contributed by atoms with Gasteiger partial charge in [0, 0.05) is 55.4 Å². The highest BCUT2D eigenvalue weighted by atomic mass is 16.3. The Morgan fingerprint density at radius 1 is 0.518 bits per heavy atom. The highest BCUT2D eigenvalue weighted by Gasteiger charge is 2.40. The molecule has 12 rings (SSSR count). The summed E-state index contributed by atoms with van der Waals surface area (Å²) in [5.74, 6) is 0.0462. The quantitative estimate of drug-likeness (QED) is 0.182. The first kappa shape index (κ1) is 30.6. The number of furan rings is 2. The lowest BCUT2D eigenvalue weighted by molar-refractivity contribution is 0.567. The standard InChI is InChI=1S/C50H28N4O2/c51-27-30-10-9-15-32(50(30)54-43-17-6-2-12-34(43)38-24-40-36-14-4-8-19-47(36)56-49(40)26-45(38)54)29-20-21-41(31(22-29)28-52)53-42-16-5-1-11-33(42)37-23-39-35-13-3-7-18-46(35)55-48(39)25-44(37)53/h1-26,38,45H. The Morgan fingerprint density at radius 3 is 2.12 bits per heavy atom. The number of aromatic nitrogens is 1. The molecule has 0 bridgehead atoms. The van der Waals surface area contributed by atoms with Gasteiger partial charge in [0.1, 0.15) is 34.3 Å². The van der Waals surface area contributed by atoms with E-state index in [1.54, 1.807) is 0 Å². The Hall–Kier alpha value is -7.80. The summed E-state index contributed by atoms with van der Waals surface area (Å²) in [5.41, 5.74) is 11.9.